The maximum absolute atomic E-state index is 15.2. The molecule has 1 aliphatic rings. The molecule has 37 heavy (non-hydrogen) atoms. The van der Waals surface area contributed by atoms with Gasteiger partial charge in [-0.25, -0.2) is 0 Å². The molecule has 2 atom stereocenters. The summed E-state index contributed by atoms with van der Waals surface area (Å²) < 4.78 is 71.5. The third kappa shape index (κ3) is 5.67. The van der Waals surface area contributed by atoms with Gasteiger partial charge in [-0.05, 0) is 48.8 Å². The van der Waals surface area contributed by atoms with E-state index in [1.807, 2.05) is 0 Å². The number of rotatable bonds is 9. The summed E-state index contributed by atoms with van der Waals surface area (Å²) in [4.78, 5) is 25.2. The normalized spacial score (nSPS) is 16.6. The first-order valence-electron chi connectivity index (χ1n) is 11.8. The fourth-order valence-electron chi connectivity index (χ4n) is 4.33. The minimum Gasteiger partial charge on any atom is -0.320 e. The van der Waals surface area contributed by atoms with Crippen LogP contribution in [-0.4, -0.2) is 40.3 Å². The molecule has 2 N–H and O–H groups in total. The van der Waals surface area contributed by atoms with E-state index >= 15 is 8.78 Å². The molecule has 0 unspecified atom stereocenters. The predicted octanol–water partition coefficient (Wildman–Crippen LogP) is 6.05. The van der Waals surface area contributed by atoms with Crippen LogP contribution in [0.3, 0.4) is 0 Å². The fourth-order valence-corrected chi connectivity index (χ4v) is 4.33. The van der Waals surface area contributed by atoms with Crippen molar-refractivity contribution in [1.29, 1.82) is 5.26 Å². The van der Waals surface area contributed by atoms with Gasteiger partial charge in [-0.3, -0.25) is 9.59 Å². The van der Waals surface area contributed by atoms with Crippen LogP contribution < -0.4 is 5.73 Å². The predicted molar refractivity (Wildman–Crippen MR) is 127 cm³/mol. The standard InChI is InChI=1S/C27H28F5N3O2/c1-16(2)14-22(34)24(37)35(25(15-33)12-13-25)23(26(28,29)27(30,31)32)21-10-8-20(9-11-21)19-6-4-18(5-7-19)17(3)36/h4-11,16,22-23H,12-14,34H2,1-3H3/t22-,23-/m0/s1. The maximum Gasteiger partial charge on any atom is 0.455 e. The van der Waals surface area contributed by atoms with Crippen LogP contribution in [0.15, 0.2) is 48.5 Å². The van der Waals surface area contributed by atoms with E-state index in [1.165, 1.54) is 19.1 Å². The molecule has 0 heterocycles. The van der Waals surface area contributed by atoms with Gasteiger partial charge < -0.3 is 10.6 Å². The topological polar surface area (TPSA) is 87.2 Å². The Bertz CT molecular complexity index is 1180. The molecule has 3 rings (SSSR count). The summed E-state index contributed by atoms with van der Waals surface area (Å²) in [5, 5.41) is 9.72. The van der Waals surface area contributed by atoms with E-state index < -0.39 is 41.2 Å². The van der Waals surface area contributed by atoms with E-state index in [0.717, 1.165) is 12.1 Å². The van der Waals surface area contributed by atoms with Gasteiger partial charge in [0.15, 0.2) is 5.78 Å². The van der Waals surface area contributed by atoms with Gasteiger partial charge in [0.2, 0.25) is 5.91 Å². The molecule has 1 amide bonds. The lowest BCUT2D eigenvalue weighted by Gasteiger charge is -2.41. The molecule has 1 saturated carbocycles. The van der Waals surface area contributed by atoms with Crippen LogP contribution in [0.5, 0.6) is 0 Å². The number of ketones is 1. The molecule has 0 saturated heterocycles. The first-order chi connectivity index (χ1) is 17.1. The van der Waals surface area contributed by atoms with Crippen LogP contribution >= 0.6 is 0 Å². The first-order valence-corrected chi connectivity index (χ1v) is 11.8. The van der Waals surface area contributed by atoms with Crippen molar-refractivity contribution in [3.05, 3.63) is 59.7 Å². The van der Waals surface area contributed by atoms with Crippen LogP contribution in [0.4, 0.5) is 22.0 Å². The number of amides is 1. The minimum absolute atomic E-state index is 0.0331. The highest BCUT2D eigenvalue weighted by Crippen LogP contribution is 2.54. The van der Waals surface area contributed by atoms with Crippen molar-refractivity contribution >= 4 is 11.7 Å². The second-order valence-corrected chi connectivity index (χ2v) is 9.87. The number of hydrogen-bond donors (Lipinski definition) is 1. The maximum atomic E-state index is 15.2. The molecule has 0 bridgehead atoms. The summed E-state index contributed by atoms with van der Waals surface area (Å²) in [6.07, 6.45) is -6.01. The lowest BCUT2D eigenvalue weighted by atomic mass is 9.92. The van der Waals surface area contributed by atoms with Crippen molar-refractivity contribution in [2.75, 3.05) is 0 Å². The zero-order valence-electron chi connectivity index (χ0n) is 20.7. The fraction of sp³-hybridized carbons (Fsp3) is 0.444. The molecule has 5 nitrogen and oxygen atoms in total. The van der Waals surface area contributed by atoms with E-state index in [1.54, 1.807) is 44.2 Å². The number of nitrogens with zero attached hydrogens (tertiary/aromatic N) is 2. The summed E-state index contributed by atoms with van der Waals surface area (Å²) in [6, 6.07) is 8.98. The summed E-state index contributed by atoms with van der Waals surface area (Å²) in [6.45, 7) is 4.87. The Morgan fingerprint density at radius 2 is 1.49 bits per heavy atom. The monoisotopic (exact) mass is 521 g/mol. The van der Waals surface area contributed by atoms with Crippen molar-refractivity contribution in [3.8, 4) is 17.2 Å². The van der Waals surface area contributed by atoms with Gasteiger partial charge >= 0.3 is 12.1 Å². The van der Waals surface area contributed by atoms with Crippen molar-refractivity contribution in [2.45, 2.75) is 69.8 Å². The minimum atomic E-state index is -5.99. The number of carbonyl (C=O) groups is 2. The highest BCUT2D eigenvalue weighted by molar-refractivity contribution is 5.94. The zero-order chi connectivity index (χ0) is 27.8. The average molecular weight is 522 g/mol. The summed E-state index contributed by atoms with van der Waals surface area (Å²) in [5.74, 6) is -6.76. The SMILES string of the molecule is CC(=O)c1ccc(-c2ccc([C@H](N(C(=O)[C@@H](N)CC(C)C)C3(C#N)CC3)C(F)(F)C(F)(F)F)cc2)cc1. The summed E-state index contributed by atoms with van der Waals surface area (Å²) in [7, 11) is 0. The number of alkyl halides is 5. The molecule has 0 aromatic heterocycles. The van der Waals surface area contributed by atoms with Crippen LogP contribution in [-0.2, 0) is 4.79 Å². The van der Waals surface area contributed by atoms with E-state index in [9.17, 15) is 28.0 Å². The van der Waals surface area contributed by atoms with Crippen molar-refractivity contribution in [2.24, 2.45) is 11.7 Å². The second-order valence-electron chi connectivity index (χ2n) is 9.87. The summed E-state index contributed by atoms with van der Waals surface area (Å²) >= 11 is 0. The van der Waals surface area contributed by atoms with E-state index in [0.29, 0.717) is 21.6 Å². The van der Waals surface area contributed by atoms with Gasteiger partial charge in [0, 0.05) is 5.56 Å². The Morgan fingerprint density at radius 1 is 1.00 bits per heavy atom. The number of nitriles is 1. The number of hydrogen-bond acceptors (Lipinski definition) is 4. The number of nitrogens with two attached hydrogens (primary N) is 1. The Kier molecular flexibility index (Phi) is 7.80. The summed E-state index contributed by atoms with van der Waals surface area (Å²) in [5.41, 5.74) is 5.25. The number of Topliss-reactive ketones (excluding diaryl/α,β-unsaturated/α-hetero) is 1. The molecule has 10 heteroatoms. The Labute approximate surface area is 212 Å². The lowest BCUT2D eigenvalue weighted by molar-refractivity contribution is -0.305. The van der Waals surface area contributed by atoms with Crippen molar-refractivity contribution < 1.29 is 31.5 Å². The van der Waals surface area contributed by atoms with Crippen molar-refractivity contribution in [3.63, 3.8) is 0 Å². The molecule has 0 radical (unpaired) electrons. The van der Waals surface area contributed by atoms with E-state index in [-0.39, 0.29) is 31.0 Å². The molecule has 0 spiro atoms. The lowest BCUT2D eigenvalue weighted by Crippen LogP contribution is -2.58. The Morgan fingerprint density at radius 3 is 1.86 bits per heavy atom. The van der Waals surface area contributed by atoms with Gasteiger partial charge in [0.25, 0.3) is 0 Å². The molecular formula is C27H28F5N3O2. The highest BCUT2D eigenvalue weighted by atomic mass is 19.4. The first kappa shape index (κ1) is 28.3. The smallest absolute Gasteiger partial charge is 0.320 e. The molecular weight excluding hydrogens is 493 g/mol. The van der Waals surface area contributed by atoms with Crippen LogP contribution in [0.25, 0.3) is 11.1 Å². The molecule has 2 aromatic rings. The largest absolute Gasteiger partial charge is 0.455 e. The quantitative estimate of drug-likeness (QED) is 0.321. The Hall–Kier alpha value is -3.32. The zero-order valence-corrected chi connectivity index (χ0v) is 20.7. The number of benzene rings is 2. The van der Waals surface area contributed by atoms with E-state index in [4.69, 9.17) is 5.73 Å². The third-order valence-corrected chi connectivity index (χ3v) is 6.50. The Balaban J connectivity index is 2.11. The van der Waals surface area contributed by atoms with Gasteiger partial charge in [0.05, 0.1) is 12.1 Å². The highest BCUT2D eigenvalue weighted by Gasteiger charge is 2.69. The molecule has 198 valence electrons. The molecule has 2 aromatic carbocycles. The molecule has 1 fully saturated rings. The van der Waals surface area contributed by atoms with Crippen LogP contribution in [0.1, 0.15) is 62.0 Å². The van der Waals surface area contributed by atoms with Gasteiger partial charge in [-0.2, -0.15) is 27.2 Å². The average Bonchev–Trinajstić information content (AvgIpc) is 3.62. The third-order valence-electron chi connectivity index (χ3n) is 6.50. The molecule has 0 aliphatic heterocycles. The van der Waals surface area contributed by atoms with Crippen LogP contribution in [0, 0.1) is 17.2 Å². The van der Waals surface area contributed by atoms with Crippen LogP contribution in [0.2, 0.25) is 0 Å². The van der Waals surface area contributed by atoms with Gasteiger partial charge in [-0.15, -0.1) is 0 Å². The second kappa shape index (κ2) is 10.2. The van der Waals surface area contributed by atoms with Gasteiger partial charge in [0.1, 0.15) is 11.6 Å². The number of halogens is 5. The number of carbonyl (C=O) groups excluding carboxylic acids is 2. The van der Waals surface area contributed by atoms with Crippen molar-refractivity contribution in [1.82, 2.24) is 4.90 Å². The molecule has 1 aliphatic carbocycles. The van der Waals surface area contributed by atoms with Gasteiger partial charge in [-0.1, -0.05) is 62.4 Å². The van der Waals surface area contributed by atoms with E-state index in [2.05, 4.69) is 0 Å².